The maximum atomic E-state index is 13.9. The Labute approximate surface area is 107 Å². The van der Waals surface area contributed by atoms with Crippen molar-refractivity contribution in [3.05, 3.63) is 35.1 Å². The smallest absolute Gasteiger partial charge is 0.310 e. The number of rotatable bonds is 4. The van der Waals surface area contributed by atoms with Gasteiger partial charge in [-0.25, -0.2) is 4.39 Å². The third-order valence-electron chi connectivity index (χ3n) is 3.90. The summed E-state index contributed by atoms with van der Waals surface area (Å²) in [6.07, 6.45) is 5.94. The van der Waals surface area contributed by atoms with Gasteiger partial charge in [-0.1, -0.05) is 37.8 Å². The number of carboxylic acids is 1. The zero-order valence-electron chi connectivity index (χ0n) is 10.7. The normalized spacial score (nSPS) is 17.9. The first-order chi connectivity index (χ1) is 8.58. The Morgan fingerprint density at radius 1 is 1.44 bits per heavy atom. The molecule has 0 radical (unpaired) electrons. The second-order valence-corrected chi connectivity index (χ2v) is 5.27. The Morgan fingerprint density at radius 3 is 2.67 bits per heavy atom. The number of hydrogen-bond acceptors (Lipinski definition) is 1. The van der Waals surface area contributed by atoms with Gasteiger partial charge >= 0.3 is 5.97 Å². The molecule has 1 atom stereocenters. The molecule has 18 heavy (non-hydrogen) atoms. The highest BCUT2D eigenvalue weighted by atomic mass is 19.1. The summed E-state index contributed by atoms with van der Waals surface area (Å²) in [5.41, 5.74) is 1.26. The fourth-order valence-corrected chi connectivity index (χ4v) is 2.73. The number of carbonyl (C=O) groups is 1. The molecule has 1 aromatic carbocycles. The lowest BCUT2D eigenvalue weighted by Gasteiger charge is -2.12. The summed E-state index contributed by atoms with van der Waals surface area (Å²) in [7, 11) is 0. The Morgan fingerprint density at radius 2 is 2.11 bits per heavy atom. The lowest BCUT2D eigenvalue weighted by atomic mass is 9.94. The van der Waals surface area contributed by atoms with Crippen LogP contribution < -0.4 is 0 Å². The second kappa shape index (κ2) is 5.51. The van der Waals surface area contributed by atoms with Crippen LogP contribution in [0.15, 0.2) is 18.2 Å². The van der Waals surface area contributed by atoms with E-state index in [0.717, 1.165) is 12.0 Å². The third kappa shape index (κ3) is 2.89. The van der Waals surface area contributed by atoms with Crippen molar-refractivity contribution in [1.29, 1.82) is 0 Å². The Balaban J connectivity index is 2.11. The van der Waals surface area contributed by atoms with E-state index in [1.807, 2.05) is 6.07 Å². The molecule has 0 bridgehead atoms. The molecule has 1 aliphatic carbocycles. The van der Waals surface area contributed by atoms with Crippen molar-refractivity contribution in [2.75, 3.05) is 0 Å². The third-order valence-corrected chi connectivity index (χ3v) is 3.90. The van der Waals surface area contributed by atoms with E-state index >= 15 is 0 Å². The quantitative estimate of drug-likeness (QED) is 0.883. The van der Waals surface area contributed by atoms with E-state index in [9.17, 15) is 9.18 Å². The van der Waals surface area contributed by atoms with E-state index in [-0.39, 0.29) is 11.4 Å². The van der Waals surface area contributed by atoms with Crippen molar-refractivity contribution >= 4 is 5.97 Å². The number of benzene rings is 1. The van der Waals surface area contributed by atoms with Crippen LogP contribution in [-0.2, 0) is 11.2 Å². The number of halogens is 1. The molecule has 0 saturated heterocycles. The van der Waals surface area contributed by atoms with Gasteiger partial charge in [0, 0.05) is 5.56 Å². The van der Waals surface area contributed by atoms with E-state index < -0.39 is 11.9 Å². The van der Waals surface area contributed by atoms with Gasteiger partial charge in [0.2, 0.25) is 0 Å². The number of hydrogen-bond donors (Lipinski definition) is 1. The van der Waals surface area contributed by atoms with Crippen molar-refractivity contribution < 1.29 is 14.3 Å². The molecule has 0 heterocycles. The van der Waals surface area contributed by atoms with Gasteiger partial charge < -0.3 is 5.11 Å². The van der Waals surface area contributed by atoms with Gasteiger partial charge in [-0.15, -0.1) is 0 Å². The van der Waals surface area contributed by atoms with Gasteiger partial charge in [0.1, 0.15) is 5.82 Å². The van der Waals surface area contributed by atoms with E-state index in [1.54, 1.807) is 6.07 Å². The monoisotopic (exact) mass is 250 g/mol. The highest BCUT2D eigenvalue weighted by Gasteiger charge is 2.19. The highest BCUT2D eigenvalue weighted by molar-refractivity contribution is 5.75. The van der Waals surface area contributed by atoms with Crippen molar-refractivity contribution in [2.45, 2.75) is 44.9 Å². The molecule has 2 nitrogen and oxygen atoms in total. The summed E-state index contributed by atoms with van der Waals surface area (Å²) >= 11 is 0. The SMILES string of the molecule is CC(C(=O)O)c1ccc(CC2CCCC2)cc1F. The summed E-state index contributed by atoms with van der Waals surface area (Å²) in [4.78, 5) is 10.8. The molecule has 2 rings (SSSR count). The van der Waals surface area contributed by atoms with Gasteiger partial charge in [0.15, 0.2) is 0 Å². The highest BCUT2D eigenvalue weighted by Crippen LogP contribution is 2.29. The molecule has 0 aliphatic heterocycles. The van der Waals surface area contributed by atoms with E-state index in [2.05, 4.69) is 0 Å². The molecule has 3 heteroatoms. The first kappa shape index (κ1) is 13.1. The molecule has 0 amide bonds. The topological polar surface area (TPSA) is 37.3 Å². The maximum Gasteiger partial charge on any atom is 0.310 e. The van der Waals surface area contributed by atoms with Gasteiger partial charge in [0.05, 0.1) is 5.92 Å². The molecule has 1 unspecified atom stereocenters. The first-order valence-corrected chi connectivity index (χ1v) is 6.59. The van der Waals surface area contributed by atoms with Crippen LogP contribution in [0, 0.1) is 11.7 Å². The minimum Gasteiger partial charge on any atom is -0.481 e. The van der Waals surface area contributed by atoms with Gasteiger partial charge in [-0.05, 0) is 30.9 Å². The Hall–Kier alpha value is -1.38. The van der Waals surface area contributed by atoms with Crippen molar-refractivity contribution in [1.82, 2.24) is 0 Å². The van der Waals surface area contributed by atoms with E-state index in [1.165, 1.54) is 38.7 Å². The zero-order valence-corrected chi connectivity index (χ0v) is 10.7. The molecule has 1 aromatic rings. The Bertz CT molecular complexity index is 436. The lowest BCUT2D eigenvalue weighted by molar-refractivity contribution is -0.138. The molecular weight excluding hydrogens is 231 g/mol. The number of aliphatic carboxylic acids is 1. The van der Waals surface area contributed by atoms with Crippen molar-refractivity contribution in [3.63, 3.8) is 0 Å². The van der Waals surface area contributed by atoms with Gasteiger partial charge in [-0.3, -0.25) is 4.79 Å². The molecule has 1 N–H and O–H groups in total. The van der Waals surface area contributed by atoms with E-state index in [0.29, 0.717) is 5.92 Å². The average molecular weight is 250 g/mol. The standard InChI is InChI=1S/C15H19FO2/c1-10(15(17)18)13-7-6-12(9-14(13)16)8-11-4-2-3-5-11/h6-7,9-11H,2-5,8H2,1H3,(H,17,18). The van der Waals surface area contributed by atoms with Crippen LogP contribution in [0.25, 0.3) is 0 Å². The minimum atomic E-state index is -0.988. The molecule has 1 aliphatic rings. The van der Waals surface area contributed by atoms with E-state index in [4.69, 9.17) is 5.11 Å². The summed E-state index contributed by atoms with van der Waals surface area (Å²) in [6, 6.07) is 5.00. The van der Waals surface area contributed by atoms with Crippen LogP contribution in [0.1, 0.15) is 49.7 Å². The largest absolute Gasteiger partial charge is 0.481 e. The maximum absolute atomic E-state index is 13.9. The molecular formula is C15H19FO2. The van der Waals surface area contributed by atoms with Crippen LogP contribution in [0.3, 0.4) is 0 Å². The number of carboxylic acid groups (broad SMARTS) is 1. The Kier molecular flexibility index (Phi) is 4.00. The van der Waals surface area contributed by atoms with Crippen molar-refractivity contribution in [2.24, 2.45) is 5.92 Å². The molecule has 0 aromatic heterocycles. The van der Waals surface area contributed by atoms with Crippen LogP contribution >= 0.6 is 0 Å². The first-order valence-electron chi connectivity index (χ1n) is 6.59. The predicted molar refractivity (Wildman–Crippen MR) is 68.1 cm³/mol. The van der Waals surface area contributed by atoms with Crippen LogP contribution in [-0.4, -0.2) is 11.1 Å². The predicted octanol–water partition coefficient (Wildman–Crippen LogP) is 3.75. The van der Waals surface area contributed by atoms with Crippen LogP contribution in [0.2, 0.25) is 0 Å². The lowest BCUT2D eigenvalue weighted by Crippen LogP contribution is -2.10. The summed E-state index contributed by atoms with van der Waals surface area (Å²) in [6.45, 7) is 1.51. The van der Waals surface area contributed by atoms with Gasteiger partial charge in [-0.2, -0.15) is 0 Å². The molecule has 0 spiro atoms. The average Bonchev–Trinajstić information content (AvgIpc) is 2.81. The fraction of sp³-hybridized carbons (Fsp3) is 0.533. The second-order valence-electron chi connectivity index (χ2n) is 5.27. The summed E-state index contributed by atoms with van der Waals surface area (Å²) in [5, 5.41) is 8.89. The van der Waals surface area contributed by atoms with Crippen LogP contribution in [0.4, 0.5) is 4.39 Å². The summed E-state index contributed by atoms with van der Waals surface area (Å²) in [5.74, 6) is -1.49. The van der Waals surface area contributed by atoms with Crippen molar-refractivity contribution in [3.8, 4) is 0 Å². The fourth-order valence-electron chi connectivity index (χ4n) is 2.73. The molecule has 98 valence electrons. The molecule has 1 saturated carbocycles. The minimum absolute atomic E-state index is 0.276. The summed E-state index contributed by atoms with van der Waals surface area (Å²) < 4.78 is 13.9. The van der Waals surface area contributed by atoms with Crippen LogP contribution in [0.5, 0.6) is 0 Å². The molecule has 1 fully saturated rings. The zero-order chi connectivity index (χ0) is 13.1. The van der Waals surface area contributed by atoms with Gasteiger partial charge in [0.25, 0.3) is 0 Å².